The lowest BCUT2D eigenvalue weighted by molar-refractivity contribution is -0.0913. The number of pyridine rings is 1. The smallest absolute Gasteiger partial charge is 0.410 e. The zero-order chi connectivity index (χ0) is 17.2. The van der Waals surface area contributed by atoms with Gasteiger partial charge in [-0.2, -0.15) is 0 Å². The molecule has 0 radical (unpaired) electrons. The first kappa shape index (κ1) is 17.0. The van der Waals surface area contributed by atoms with Gasteiger partial charge < -0.3 is 19.3 Å². The highest BCUT2D eigenvalue weighted by Gasteiger charge is 2.41. The number of aromatic nitrogens is 1. The number of nitrogens with zero attached hydrogens (tertiary/aromatic N) is 3. The van der Waals surface area contributed by atoms with Gasteiger partial charge in [0, 0.05) is 32.4 Å². The molecule has 132 valence electrons. The predicted octanol–water partition coefficient (Wildman–Crippen LogP) is 2.69. The van der Waals surface area contributed by atoms with E-state index < -0.39 is 5.60 Å². The van der Waals surface area contributed by atoms with Crippen LogP contribution in [0.1, 0.15) is 33.6 Å². The van der Waals surface area contributed by atoms with Crippen LogP contribution in [0.15, 0.2) is 24.4 Å². The third-order valence-electron chi connectivity index (χ3n) is 4.55. The lowest BCUT2D eigenvalue weighted by Crippen LogP contribution is -2.58. The van der Waals surface area contributed by atoms with Crippen molar-refractivity contribution < 1.29 is 14.3 Å². The minimum atomic E-state index is -0.455. The van der Waals surface area contributed by atoms with Crippen LogP contribution in [0.5, 0.6) is 0 Å². The van der Waals surface area contributed by atoms with Crippen LogP contribution in [0.2, 0.25) is 0 Å². The Kier molecular flexibility index (Phi) is 4.67. The quantitative estimate of drug-likeness (QED) is 0.791. The van der Waals surface area contributed by atoms with E-state index in [4.69, 9.17) is 9.47 Å². The van der Waals surface area contributed by atoms with Gasteiger partial charge in [-0.15, -0.1) is 0 Å². The molecule has 2 aliphatic rings. The summed E-state index contributed by atoms with van der Waals surface area (Å²) in [5, 5.41) is 0. The topological polar surface area (TPSA) is 54.9 Å². The van der Waals surface area contributed by atoms with Crippen molar-refractivity contribution in [2.24, 2.45) is 0 Å². The Balaban J connectivity index is 1.59. The molecule has 1 spiro atoms. The molecule has 2 aliphatic heterocycles. The summed E-state index contributed by atoms with van der Waals surface area (Å²) in [6.07, 6.45) is 3.25. The molecular weight excluding hydrogens is 306 g/mol. The zero-order valence-electron chi connectivity index (χ0n) is 14.8. The second-order valence-corrected chi connectivity index (χ2v) is 7.61. The Morgan fingerprint density at radius 1 is 1.25 bits per heavy atom. The van der Waals surface area contributed by atoms with E-state index in [9.17, 15) is 4.79 Å². The fourth-order valence-corrected chi connectivity index (χ4v) is 3.31. The van der Waals surface area contributed by atoms with Crippen LogP contribution in [0, 0.1) is 0 Å². The van der Waals surface area contributed by atoms with E-state index in [0.717, 1.165) is 31.7 Å². The van der Waals surface area contributed by atoms with Crippen LogP contribution < -0.4 is 4.90 Å². The van der Waals surface area contributed by atoms with Crippen molar-refractivity contribution >= 4 is 11.9 Å². The molecule has 6 heteroatoms. The van der Waals surface area contributed by atoms with Crippen molar-refractivity contribution in [3.8, 4) is 0 Å². The van der Waals surface area contributed by atoms with Crippen LogP contribution in [-0.4, -0.2) is 60.0 Å². The molecule has 3 heterocycles. The molecule has 0 bridgehead atoms. The van der Waals surface area contributed by atoms with Gasteiger partial charge in [-0.25, -0.2) is 9.78 Å². The van der Waals surface area contributed by atoms with E-state index in [1.165, 1.54) is 0 Å². The summed E-state index contributed by atoms with van der Waals surface area (Å²) < 4.78 is 11.6. The van der Waals surface area contributed by atoms with Gasteiger partial charge in [0.1, 0.15) is 11.4 Å². The molecule has 0 aromatic carbocycles. The lowest BCUT2D eigenvalue weighted by Gasteiger charge is -2.47. The van der Waals surface area contributed by atoms with E-state index in [-0.39, 0.29) is 11.7 Å². The van der Waals surface area contributed by atoms with Crippen molar-refractivity contribution in [1.82, 2.24) is 9.88 Å². The molecule has 0 saturated carbocycles. The third-order valence-corrected chi connectivity index (χ3v) is 4.55. The molecule has 2 saturated heterocycles. The maximum absolute atomic E-state index is 12.2. The average Bonchev–Trinajstić information content (AvgIpc) is 2.55. The number of hydrogen-bond acceptors (Lipinski definition) is 5. The molecular formula is C18H27N3O3. The summed E-state index contributed by atoms with van der Waals surface area (Å²) in [5.74, 6) is 0.995. The molecule has 1 aromatic rings. The number of piperidine rings is 1. The van der Waals surface area contributed by atoms with Gasteiger partial charge in [0.25, 0.3) is 0 Å². The number of rotatable bonds is 1. The normalized spacial score (nSPS) is 21.0. The van der Waals surface area contributed by atoms with Crippen molar-refractivity contribution in [2.75, 3.05) is 37.7 Å². The predicted molar refractivity (Wildman–Crippen MR) is 92.2 cm³/mol. The first-order valence-electron chi connectivity index (χ1n) is 8.65. The summed E-state index contributed by atoms with van der Waals surface area (Å²) in [6.45, 7) is 9.40. The van der Waals surface area contributed by atoms with E-state index in [2.05, 4.69) is 9.88 Å². The van der Waals surface area contributed by atoms with Gasteiger partial charge >= 0.3 is 6.09 Å². The van der Waals surface area contributed by atoms with Gasteiger partial charge in [0.15, 0.2) is 0 Å². The number of carbonyl (C=O) groups is 1. The molecule has 3 rings (SSSR count). The van der Waals surface area contributed by atoms with Gasteiger partial charge in [0.2, 0.25) is 0 Å². The standard InChI is InChI=1S/C18H27N3O3/c1-17(2,3)24-16(22)20-10-7-18(8-11-20)14-21(12-13-23-18)15-6-4-5-9-19-15/h4-6,9H,7-8,10-14H2,1-3H3. The lowest BCUT2D eigenvalue weighted by atomic mass is 9.89. The second-order valence-electron chi connectivity index (χ2n) is 7.61. The Bertz CT molecular complexity index is 563. The van der Waals surface area contributed by atoms with Crippen LogP contribution in [0.4, 0.5) is 10.6 Å². The van der Waals surface area contributed by atoms with E-state index in [1.54, 1.807) is 4.90 Å². The molecule has 1 amide bonds. The summed E-state index contributed by atoms with van der Waals surface area (Å²) in [6, 6.07) is 5.98. The molecule has 0 atom stereocenters. The molecule has 1 aromatic heterocycles. The minimum Gasteiger partial charge on any atom is -0.444 e. The van der Waals surface area contributed by atoms with Crippen LogP contribution in [-0.2, 0) is 9.47 Å². The van der Waals surface area contributed by atoms with E-state index >= 15 is 0 Å². The number of likely N-dealkylation sites (tertiary alicyclic amines) is 1. The Morgan fingerprint density at radius 3 is 2.62 bits per heavy atom. The highest BCUT2D eigenvalue weighted by atomic mass is 16.6. The van der Waals surface area contributed by atoms with Crippen molar-refractivity contribution in [3.05, 3.63) is 24.4 Å². The van der Waals surface area contributed by atoms with Crippen LogP contribution in [0.25, 0.3) is 0 Å². The van der Waals surface area contributed by atoms with Crippen LogP contribution >= 0.6 is 0 Å². The number of anilines is 1. The first-order valence-corrected chi connectivity index (χ1v) is 8.65. The molecule has 24 heavy (non-hydrogen) atoms. The summed E-state index contributed by atoms with van der Waals surface area (Å²) >= 11 is 0. The maximum Gasteiger partial charge on any atom is 0.410 e. The number of morpholine rings is 1. The van der Waals surface area contributed by atoms with Gasteiger partial charge in [-0.05, 0) is 45.7 Å². The zero-order valence-corrected chi connectivity index (χ0v) is 14.8. The largest absolute Gasteiger partial charge is 0.444 e. The molecule has 0 aliphatic carbocycles. The Hall–Kier alpha value is -1.82. The van der Waals surface area contributed by atoms with Gasteiger partial charge in [-0.1, -0.05) is 6.07 Å². The fourth-order valence-electron chi connectivity index (χ4n) is 3.31. The van der Waals surface area contributed by atoms with Gasteiger partial charge in [0.05, 0.1) is 12.2 Å². The Labute approximate surface area is 143 Å². The highest BCUT2D eigenvalue weighted by molar-refractivity contribution is 5.68. The number of ether oxygens (including phenoxy) is 2. The maximum atomic E-state index is 12.2. The number of carbonyl (C=O) groups excluding carboxylic acids is 1. The summed E-state index contributed by atoms with van der Waals surface area (Å²) in [4.78, 5) is 20.7. The molecule has 0 N–H and O–H groups in total. The van der Waals surface area contributed by atoms with E-state index in [1.807, 2.05) is 45.2 Å². The van der Waals surface area contributed by atoms with Crippen molar-refractivity contribution in [3.63, 3.8) is 0 Å². The van der Waals surface area contributed by atoms with Crippen LogP contribution in [0.3, 0.4) is 0 Å². The third kappa shape index (κ3) is 3.98. The second kappa shape index (κ2) is 6.59. The highest BCUT2D eigenvalue weighted by Crippen LogP contribution is 2.32. The molecule has 6 nitrogen and oxygen atoms in total. The summed E-state index contributed by atoms with van der Waals surface area (Å²) in [7, 11) is 0. The van der Waals surface area contributed by atoms with Gasteiger partial charge in [-0.3, -0.25) is 0 Å². The monoisotopic (exact) mass is 333 g/mol. The molecule has 2 fully saturated rings. The average molecular weight is 333 g/mol. The number of amides is 1. The summed E-state index contributed by atoms with van der Waals surface area (Å²) in [5.41, 5.74) is -0.641. The molecule has 0 unspecified atom stereocenters. The Morgan fingerprint density at radius 2 is 2.00 bits per heavy atom. The van der Waals surface area contributed by atoms with Crippen molar-refractivity contribution in [2.45, 2.75) is 44.8 Å². The van der Waals surface area contributed by atoms with E-state index in [0.29, 0.717) is 19.7 Å². The fraction of sp³-hybridized carbons (Fsp3) is 0.667. The number of hydrogen-bond donors (Lipinski definition) is 0. The minimum absolute atomic E-state index is 0.186. The first-order chi connectivity index (χ1) is 11.4. The SMILES string of the molecule is CC(C)(C)OC(=O)N1CCC2(CC1)CN(c1ccccn1)CCO2. The van der Waals surface area contributed by atoms with Crippen molar-refractivity contribution in [1.29, 1.82) is 0 Å².